The van der Waals surface area contributed by atoms with Crippen LogP contribution in [-0.4, -0.2) is 22.0 Å². The molecule has 20 heavy (non-hydrogen) atoms. The molecule has 106 valence electrons. The number of aryl methyl sites for hydroxylation is 1. The van der Waals surface area contributed by atoms with E-state index in [1.54, 1.807) is 11.3 Å². The van der Waals surface area contributed by atoms with E-state index in [9.17, 15) is 0 Å². The summed E-state index contributed by atoms with van der Waals surface area (Å²) in [4.78, 5) is 8.14. The topological polar surface area (TPSA) is 25.4 Å². The van der Waals surface area contributed by atoms with Gasteiger partial charge in [-0.25, -0.2) is 4.98 Å². The smallest absolute Gasteiger partial charge is 0.124 e. The van der Waals surface area contributed by atoms with Gasteiger partial charge in [0.1, 0.15) is 11.4 Å². The third-order valence-electron chi connectivity index (χ3n) is 3.57. The number of thiazole rings is 1. The van der Waals surface area contributed by atoms with Crippen LogP contribution in [0.25, 0.3) is 0 Å². The van der Waals surface area contributed by atoms with Crippen molar-refractivity contribution >= 4 is 11.3 Å². The Hall–Kier alpha value is -1.39. The number of hydrogen-bond donors (Lipinski definition) is 0. The Labute approximate surface area is 124 Å². The van der Waals surface area contributed by atoms with Crippen LogP contribution in [-0.2, 0) is 13.1 Å². The normalized spacial score (nSPS) is 18.1. The molecule has 0 atom stereocenters. The molecule has 0 saturated carbocycles. The molecule has 0 unspecified atom stereocenters. The first-order chi connectivity index (χ1) is 9.53. The van der Waals surface area contributed by atoms with Crippen molar-refractivity contribution < 1.29 is 4.74 Å². The number of aromatic nitrogens is 1. The molecule has 1 aliphatic heterocycles. The average Bonchev–Trinajstić information content (AvgIpc) is 2.70. The van der Waals surface area contributed by atoms with Gasteiger partial charge in [-0.15, -0.1) is 11.3 Å². The van der Waals surface area contributed by atoms with Crippen molar-refractivity contribution in [1.29, 1.82) is 0 Å². The fourth-order valence-corrected chi connectivity index (χ4v) is 3.51. The summed E-state index contributed by atoms with van der Waals surface area (Å²) in [6.07, 6.45) is 0. The highest BCUT2D eigenvalue weighted by Crippen LogP contribution is 2.30. The first-order valence-electron chi connectivity index (χ1n) is 6.92. The summed E-state index contributed by atoms with van der Waals surface area (Å²) in [5.41, 5.74) is 4.16. The van der Waals surface area contributed by atoms with E-state index in [1.807, 2.05) is 11.6 Å². The lowest BCUT2D eigenvalue weighted by molar-refractivity contribution is 0.0685. The zero-order valence-corrected chi connectivity index (χ0v) is 13.0. The largest absolute Gasteiger partial charge is 0.486 e. The molecule has 0 fully saturated rings. The quantitative estimate of drug-likeness (QED) is 0.844. The second-order valence-corrected chi connectivity index (χ2v) is 6.91. The first kappa shape index (κ1) is 13.6. The molecule has 0 spiro atoms. The SMILES string of the molecule is Cc1ncsc1CN1Cc2ccccc2OC(C)(C)C1. The van der Waals surface area contributed by atoms with E-state index in [4.69, 9.17) is 4.74 Å². The minimum absolute atomic E-state index is 0.175. The number of nitrogens with zero attached hydrogens (tertiary/aromatic N) is 2. The van der Waals surface area contributed by atoms with Gasteiger partial charge >= 0.3 is 0 Å². The molecule has 0 saturated heterocycles. The molecule has 1 aliphatic rings. The summed E-state index contributed by atoms with van der Waals surface area (Å²) in [6.45, 7) is 9.18. The van der Waals surface area contributed by atoms with Crippen molar-refractivity contribution in [2.24, 2.45) is 0 Å². The van der Waals surface area contributed by atoms with Crippen molar-refractivity contribution in [3.63, 3.8) is 0 Å². The molecule has 0 aliphatic carbocycles. The highest BCUT2D eigenvalue weighted by Gasteiger charge is 2.29. The van der Waals surface area contributed by atoms with E-state index in [1.165, 1.54) is 10.4 Å². The molecule has 4 heteroatoms. The fourth-order valence-electron chi connectivity index (χ4n) is 2.69. The highest BCUT2D eigenvalue weighted by atomic mass is 32.1. The lowest BCUT2D eigenvalue weighted by Crippen LogP contribution is -2.40. The number of hydrogen-bond acceptors (Lipinski definition) is 4. The van der Waals surface area contributed by atoms with Crippen LogP contribution in [0.2, 0.25) is 0 Å². The maximum Gasteiger partial charge on any atom is 0.124 e. The molecule has 1 aromatic heterocycles. The lowest BCUT2D eigenvalue weighted by Gasteiger charge is -2.29. The van der Waals surface area contributed by atoms with E-state index >= 15 is 0 Å². The summed E-state index contributed by atoms with van der Waals surface area (Å²) >= 11 is 1.74. The van der Waals surface area contributed by atoms with Gasteiger partial charge in [-0.2, -0.15) is 0 Å². The Morgan fingerprint density at radius 2 is 2.15 bits per heavy atom. The van der Waals surface area contributed by atoms with Crippen LogP contribution in [0.15, 0.2) is 29.8 Å². The number of para-hydroxylation sites is 1. The Bertz CT molecular complexity index is 606. The Balaban J connectivity index is 1.87. The van der Waals surface area contributed by atoms with E-state index in [0.29, 0.717) is 0 Å². The van der Waals surface area contributed by atoms with Crippen LogP contribution >= 0.6 is 11.3 Å². The zero-order valence-electron chi connectivity index (χ0n) is 12.2. The molecular formula is C16H20N2OS. The van der Waals surface area contributed by atoms with Crippen molar-refractivity contribution in [3.8, 4) is 5.75 Å². The van der Waals surface area contributed by atoms with Gasteiger partial charge in [0.05, 0.1) is 11.2 Å². The van der Waals surface area contributed by atoms with Gasteiger partial charge in [-0.1, -0.05) is 18.2 Å². The van der Waals surface area contributed by atoms with Crippen molar-refractivity contribution in [2.75, 3.05) is 6.54 Å². The molecule has 0 bridgehead atoms. The van der Waals surface area contributed by atoms with Crippen molar-refractivity contribution in [2.45, 2.75) is 39.5 Å². The summed E-state index contributed by atoms with van der Waals surface area (Å²) in [5.74, 6) is 1.01. The van der Waals surface area contributed by atoms with E-state index < -0.39 is 0 Å². The summed E-state index contributed by atoms with van der Waals surface area (Å²) in [5, 5.41) is 0. The summed E-state index contributed by atoms with van der Waals surface area (Å²) < 4.78 is 6.17. The van der Waals surface area contributed by atoms with Gasteiger partial charge in [0, 0.05) is 30.1 Å². The molecule has 1 aromatic carbocycles. The molecular weight excluding hydrogens is 268 g/mol. The summed E-state index contributed by atoms with van der Waals surface area (Å²) in [7, 11) is 0. The lowest BCUT2D eigenvalue weighted by atomic mass is 10.1. The van der Waals surface area contributed by atoms with Gasteiger partial charge in [0.25, 0.3) is 0 Å². The van der Waals surface area contributed by atoms with Crippen LogP contribution < -0.4 is 4.74 Å². The third kappa shape index (κ3) is 2.86. The zero-order chi connectivity index (χ0) is 14.2. The van der Waals surface area contributed by atoms with Crippen molar-refractivity contribution in [1.82, 2.24) is 9.88 Å². The highest BCUT2D eigenvalue weighted by molar-refractivity contribution is 7.09. The van der Waals surface area contributed by atoms with Gasteiger partial charge in [0.15, 0.2) is 0 Å². The minimum atomic E-state index is -0.175. The van der Waals surface area contributed by atoms with Crippen molar-refractivity contribution in [3.05, 3.63) is 45.9 Å². The van der Waals surface area contributed by atoms with Crippen LogP contribution in [0, 0.1) is 6.92 Å². The van der Waals surface area contributed by atoms with Gasteiger partial charge in [-0.3, -0.25) is 4.90 Å². The van der Waals surface area contributed by atoms with Gasteiger partial charge in [0.2, 0.25) is 0 Å². The number of ether oxygens (including phenoxy) is 1. The monoisotopic (exact) mass is 288 g/mol. The molecule has 2 heterocycles. The van der Waals surface area contributed by atoms with Gasteiger partial charge < -0.3 is 4.74 Å². The maximum atomic E-state index is 6.17. The number of benzene rings is 1. The van der Waals surface area contributed by atoms with Crippen LogP contribution in [0.3, 0.4) is 0 Å². The molecule has 3 rings (SSSR count). The average molecular weight is 288 g/mol. The third-order valence-corrected chi connectivity index (χ3v) is 4.49. The number of rotatable bonds is 2. The van der Waals surface area contributed by atoms with E-state index in [0.717, 1.165) is 31.1 Å². The molecule has 0 radical (unpaired) electrons. The predicted molar refractivity (Wildman–Crippen MR) is 82.1 cm³/mol. The molecule has 2 aromatic rings. The second kappa shape index (κ2) is 5.19. The second-order valence-electron chi connectivity index (χ2n) is 5.98. The Kier molecular flexibility index (Phi) is 3.52. The van der Waals surface area contributed by atoms with Crippen LogP contribution in [0.1, 0.15) is 30.0 Å². The maximum absolute atomic E-state index is 6.17. The van der Waals surface area contributed by atoms with Gasteiger partial charge in [-0.05, 0) is 26.8 Å². The minimum Gasteiger partial charge on any atom is -0.486 e. The molecule has 3 nitrogen and oxygen atoms in total. The molecule has 0 amide bonds. The Morgan fingerprint density at radius 3 is 2.90 bits per heavy atom. The fraction of sp³-hybridized carbons (Fsp3) is 0.438. The predicted octanol–water partition coefficient (Wildman–Crippen LogP) is 3.62. The van der Waals surface area contributed by atoms with E-state index in [-0.39, 0.29) is 5.60 Å². The van der Waals surface area contributed by atoms with Crippen LogP contribution in [0.5, 0.6) is 5.75 Å². The molecule has 0 N–H and O–H groups in total. The summed E-state index contributed by atoms with van der Waals surface area (Å²) in [6, 6.07) is 8.34. The van der Waals surface area contributed by atoms with E-state index in [2.05, 4.69) is 48.9 Å². The van der Waals surface area contributed by atoms with Crippen LogP contribution in [0.4, 0.5) is 0 Å². The first-order valence-corrected chi connectivity index (χ1v) is 7.80. The Morgan fingerprint density at radius 1 is 1.35 bits per heavy atom. The standard InChI is InChI=1S/C16H20N2OS/c1-12-15(20-11-17-12)9-18-8-13-6-4-5-7-14(13)19-16(2,3)10-18/h4-7,11H,8-10H2,1-3H3. The number of fused-ring (bicyclic) bond motifs is 1.